The fourth-order valence-corrected chi connectivity index (χ4v) is 2.15. The van der Waals surface area contributed by atoms with Crippen molar-refractivity contribution in [3.63, 3.8) is 0 Å². The summed E-state index contributed by atoms with van der Waals surface area (Å²) in [5.74, 6) is 0.264. The molecule has 5 nitrogen and oxygen atoms in total. The predicted octanol–water partition coefficient (Wildman–Crippen LogP) is 2.11. The third-order valence-electron chi connectivity index (χ3n) is 2.97. The molecule has 1 atom stereocenters. The average molecular weight is 275 g/mol. The number of hydrogen-bond donors (Lipinski definition) is 2. The molecular formula is C13H11ClN4O. The first-order valence-corrected chi connectivity index (χ1v) is 6.25. The van der Waals surface area contributed by atoms with Crippen LogP contribution in [0.4, 0.5) is 11.5 Å². The largest absolute Gasteiger partial charge is 0.373 e. The molecule has 2 aromatic rings. The molecule has 0 bridgehead atoms. The second-order valence-corrected chi connectivity index (χ2v) is 4.68. The summed E-state index contributed by atoms with van der Waals surface area (Å²) in [7, 11) is 0. The standard InChI is InChI=1S/C13H11ClN4O/c14-11-5-6-12(18-17-11)16-13(19)10-7-8-3-1-2-4-9(8)15-10/h1-6,10,15H,7H2,(H,16,18,19). The van der Waals surface area contributed by atoms with Gasteiger partial charge in [-0.15, -0.1) is 10.2 Å². The number of nitrogens with zero attached hydrogens (tertiary/aromatic N) is 2. The third kappa shape index (κ3) is 2.51. The zero-order valence-electron chi connectivity index (χ0n) is 9.93. The number of para-hydroxylation sites is 1. The van der Waals surface area contributed by atoms with Crippen molar-refractivity contribution in [1.82, 2.24) is 10.2 Å². The Morgan fingerprint density at radius 2 is 2.11 bits per heavy atom. The first-order valence-electron chi connectivity index (χ1n) is 5.87. The molecule has 19 heavy (non-hydrogen) atoms. The quantitative estimate of drug-likeness (QED) is 0.880. The number of hydrogen-bond acceptors (Lipinski definition) is 4. The van der Waals surface area contributed by atoms with Crippen molar-refractivity contribution in [3.8, 4) is 0 Å². The minimum absolute atomic E-state index is 0.132. The van der Waals surface area contributed by atoms with Crippen LogP contribution in [0.3, 0.4) is 0 Å². The molecule has 1 aromatic carbocycles. The summed E-state index contributed by atoms with van der Waals surface area (Å²) in [5, 5.41) is 13.7. The van der Waals surface area contributed by atoms with Gasteiger partial charge in [0.05, 0.1) is 0 Å². The Morgan fingerprint density at radius 3 is 2.84 bits per heavy atom. The number of carbonyl (C=O) groups excluding carboxylic acids is 1. The van der Waals surface area contributed by atoms with Crippen LogP contribution in [0.2, 0.25) is 5.15 Å². The molecule has 1 unspecified atom stereocenters. The smallest absolute Gasteiger partial charge is 0.248 e. The summed E-state index contributed by atoms with van der Waals surface area (Å²) in [5.41, 5.74) is 2.15. The molecule has 0 saturated heterocycles. The van der Waals surface area contributed by atoms with E-state index in [4.69, 9.17) is 11.6 Å². The molecule has 3 rings (SSSR count). The van der Waals surface area contributed by atoms with Crippen molar-refractivity contribution >= 4 is 29.0 Å². The van der Waals surface area contributed by atoms with Crippen LogP contribution in [-0.2, 0) is 11.2 Å². The number of fused-ring (bicyclic) bond motifs is 1. The molecule has 1 aliphatic rings. The Kier molecular flexibility index (Phi) is 3.05. The second-order valence-electron chi connectivity index (χ2n) is 4.29. The number of carbonyl (C=O) groups is 1. The van der Waals surface area contributed by atoms with Gasteiger partial charge < -0.3 is 10.6 Å². The average Bonchev–Trinajstić information content (AvgIpc) is 2.85. The molecule has 2 N–H and O–H groups in total. The molecular weight excluding hydrogens is 264 g/mol. The summed E-state index contributed by atoms with van der Waals surface area (Å²) < 4.78 is 0. The minimum Gasteiger partial charge on any atom is -0.373 e. The molecule has 0 spiro atoms. The molecule has 96 valence electrons. The van der Waals surface area contributed by atoms with Gasteiger partial charge in [-0.05, 0) is 23.8 Å². The van der Waals surface area contributed by atoms with Crippen LogP contribution in [-0.4, -0.2) is 22.1 Å². The Hall–Kier alpha value is -2.14. The Labute approximate surface area is 115 Å². The molecule has 1 amide bonds. The summed E-state index contributed by atoms with van der Waals surface area (Å²) in [6, 6.07) is 10.8. The van der Waals surface area contributed by atoms with E-state index in [-0.39, 0.29) is 11.9 Å². The molecule has 0 saturated carbocycles. The van der Waals surface area contributed by atoms with Gasteiger partial charge >= 0.3 is 0 Å². The maximum absolute atomic E-state index is 12.1. The van der Waals surface area contributed by atoms with Crippen molar-refractivity contribution in [2.75, 3.05) is 10.6 Å². The number of benzene rings is 1. The minimum atomic E-state index is -0.283. The first kappa shape index (κ1) is 11.9. The normalized spacial score (nSPS) is 16.6. The van der Waals surface area contributed by atoms with E-state index in [1.54, 1.807) is 12.1 Å². The number of anilines is 2. The van der Waals surface area contributed by atoms with Gasteiger partial charge in [-0.1, -0.05) is 29.8 Å². The summed E-state index contributed by atoms with van der Waals surface area (Å²) in [4.78, 5) is 12.1. The number of rotatable bonds is 2. The van der Waals surface area contributed by atoms with Crippen LogP contribution < -0.4 is 10.6 Å². The van der Waals surface area contributed by atoms with Crippen LogP contribution in [0, 0.1) is 0 Å². The van der Waals surface area contributed by atoms with E-state index in [1.165, 1.54) is 0 Å². The highest BCUT2D eigenvalue weighted by atomic mass is 35.5. The van der Waals surface area contributed by atoms with Gasteiger partial charge in [-0.3, -0.25) is 4.79 Å². The molecule has 1 aromatic heterocycles. The molecule has 6 heteroatoms. The zero-order chi connectivity index (χ0) is 13.2. The lowest BCUT2D eigenvalue weighted by atomic mass is 10.1. The van der Waals surface area contributed by atoms with Crippen LogP contribution in [0.1, 0.15) is 5.56 Å². The Morgan fingerprint density at radius 1 is 1.26 bits per heavy atom. The molecule has 0 radical (unpaired) electrons. The fraction of sp³-hybridized carbons (Fsp3) is 0.154. The van der Waals surface area contributed by atoms with Crippen LogP contribution in [0.5, 0.6) is 0 Å². The van der Waals surface area contributed by atoms with E-state index < -0.39 is 0 Å². The summed E-state index contributed by atoms with van der Waals surface area (Å²) in [6.45, 7) is 0. The van der Waals surface area contributed by atoms with Crippen LogP contribution in [0.25, 0.3) is 0 Å². The zero-order valence-corrected chi connectivity index (χ0v) is 10.7. The lowest BCUT2D eigenvalue weighted by Crippen LogP contribution is -2.33. The van der Waals surface area contributed by atoms with Gasteiger partial charge in [-0.2, -0.15) is 0 Å². The van der Waals surface area contributed by atoms with Crippen molar-refractivity contribution < 1.29 is 4.79 Å². The van der Waals surface area contributed by atoms with E-state index in [0.29, 0.717) is 17.4 Å². The lowest BCUT2D eigenvalue weighted by Gasteiger charge is -2.10. The van der Waals surface area contributed by atoms with E-state index in [9.17, 15) is 4.79 Å². The van der Waals surface area contributed by atoms with Crippen molar-refractivity contribution in [2.45, 2.75) is 12.5 Å². The maximum atomic E-state index is 12.1. The molecule has 2 heterocycles. The fourth-order valence-electron chi connectivity index (χ4n) is 2.05. The van der Waals surface area contributed by atoms with E-state index in [2.05, 4.69) is 20.8 Å². The van der Waals surface area contributed by atoms with Gasteiger partial charge in [-0.25, -0.2) is 0 Å². The summed E-state index contributed by atoms with van der Waals surface area (Å²) in [6.07, 6.45) is 0.670. The van der Waals surface area contributed by atoms with E-state index in [0.717, 1.165) is 11.3 Å². The number of halogens is 1. The van der Waals surface area contributed by atoms with Gasteiger partial charge in [0.15, 0.2) is 11.0 Å². The van der Waals surface area contributed by atoms with Gasteiger partial charge in [0.2, 0.25) is 5.91 Å². The van der Waals surface area contributed by atoms with E-state index >= 15 is 0 Å². The highest BCUT2D eigenvalue weighted by Crippen LogP contribution is 2.25. The highest BCUT2D eigenvalue weighted by molar-refractivity contribution is 6.29. The summed E-state index contributed by atoms with van der Waals surface area (Å²) >= 11 is 5.64. The van der Waals surface area contributed by atoms with Gasteiger partial charge in [0.1, 0.15) is 6.04 Å². The van der Waals surface area contributed by atoms with Crippen LogP contribution >= 0.6 is 11.6 Å². The monoisotopic (exact) mass is 274 g/mol. The topological polar surface area (TPSA) is 66.9 Å². The van der Waals surface area contributed by atoms with Gasteiger partial charge in [0.25, 0.3) is 0 Å². The molecule has 0 aliphatic carbocycles. The SMILES string of the molecule is O=C(Nc1ccc(Cl)nn1)C1Cc2ccccc2N1. The maximum Gasteiger partial charge on any atom is 0.248 e. The van der Waals surface area contributed by atoms with E-state index in [1.807, 2.05) is 24.3 Å². The Balaban J connectivity index is 1.68. The third-order valence-corrected chi connectivity index (χ3v) is 3.17. The highest BCUT2D eigenvalue weighted by Gasteiger charge is 2.26. The van der Waals surface area contributed by atoms with Crippen LogP contribution in [0.15, 0.2) is 36.4 Å². The molecule has 1 aliphatic heterocycles. The van der Waals surface area contributed by atoms with Crippen molar-refractivity contribution in [2.24, 2.45) is 0 Å². The Bertz CT molecular complexity index is 589. The number of nitrogens with one attached hydrogen (secondary N) is 2. The van der Waals surface area contributed by atoms with Crippen molar-refractivity contribution in [1.29, 1.82) is 0 Å². The predicted molar refractivity (Wildman–Crippen MR) is 73.2 cm³/mol. The van der Waals surface area contributed by atoms with Gasteiger partial charge in [0, 0.05) is 12.1 Å². The van der Waals surface area contributed by atoms with Crippen molar-refractivity contribution in [3.05, 3.63) is 47.1 Å². The first-order chi connectivity index (χ1) is 9.22. The number of amides is 1. The molecule has 0 fully saturated rings. The lowest BCUT2D eigenvalue weighted by molar-refractivity contribution is -0.116. The number of aromatic nitrogens is 2. The second kappa shape index (κ2) is 4.85.